The lowest BCUT2D eigenvalue weighted by Gasteiger charge is -2.25. The van der Waals surface area contributed by atoms with Gasteiger partial charge in [-0.1, -0.05) is 24.3 Å². The maximum absolute atomic E-state index is 3.20. The van der Waals surface area contributed by atoms with Gasteiger partial charge in [0.15, 0.2) is 0 Å². The minimum Gasteiger partial charge on any atom is -0.316 e. The molecule has 0 radical (unpaired) electrons. The molecule has 2 aliphatic heterocycles. The Labute approximate surface area is 123 Å². The van der Waals surface area contributed by atoms with Crippen LogP contribution in [-0.4, -0.2) is 49.1 Å². The van der Waals surface area contributed by atoms with Crippen molar-refractivity contribution in [2.45, 2.75) is 38.4 Å². The second kappa shape index (κ2) is 6.70. The first-order chi connectivity index (χ1) is 9.85. The first-order valence-corrected chi connectivity index (χ1v) is 8.04. The first kappa shape index (κ1) is 14.1. The van der Waals surface area contributed by atoms with E-state index in [4.69, 9.17) is 0 Å². The number of nitrogens with zero attached hydrogens (tertiary/aromatic N) is 2. The predicted octanol–water partition coefficient (Wildman–Crippen LogP) is 2.08. The molecule has 1 unspecified atom stereocenters. The van der Waals surface area contributed by atoms with Gasteiger partial charge in [-0.3, -0.25) is 9.80 Å². The zero-order valence-electron chi connectivity index (χ0n) is 12.6. The highest BCUT2D eigenvalue weighted by Gasteiger charge is 2.28. The van der Waals surface area contributed by atoms with Gasteiger partial charge in [-0.25, -0.2) is 0 Å². The highest BCUT2D eigenvalue weighted by atomic mass is 15.3. The minimum atomic E-state index is 0.820. The van der Waals surface area contributed by atoms with E-state index in [2.05, 4.69) is 39.4 Å². The molecule has 3 nitrogen and oxygen atoms in total. The topological polar surface area (TPSA) is 18.5 Å². The molecule has 20 heavy (non-hydrogen) atoms. The van der Waals surface area contributed by atoms with Crippen LogP contribution < -0.4 is 5.32 Å². The molecule has 0 aliphatic carbocycles. The average molecular weight is 273 g/mol. The first-order valence-electron chi connectivity index (χ1n) is 8.04. The van der Waals surface area contributed by atoms with Gasteiger partial charge in [0, 0.05) is 25.7 Å². The van der Waals surface area contributed by atoms with Gasteiger partial charge in [-0.2, -0.15) is 0 Å². The van der Waals surface area contributed by atoms with Crippen molar-refractivity contribution in [2.24, 2.45) is 0 Å². The molecule has 2 saturated heterocycles. The molecule has 3 heteroatoms. The van der Waals surface area contributed by atoms with Crippen molar-refractivity contribution in [1.29, 1.82) is 0 Å². The van der Waals surface area contributed by atoms with Crippen molar-refractivity contribution < 1.29 is 0 Å². The molecule has 3 rings (SSSR count). The van der Waals surface area contributed by atoms with E-state index in [-0.39, 0.29) is 0 Å². The summed E-state index contributed by atoms with van der Waals surface area (Å²) in [4.78, 5) is 5.36. The molecule has 0 spiro atoms. The normalized spacial score (nSPS) is 24.6. The molecule has 1 aromatic rings. The largest absolute Gasteiger partial charge is 0.316 e. The van der Waals surface area contributed by atoms with Gasteiger partial charge < -0.3 is 5.32 Å². The van der Waals surface area contributed by atoms with Crippen LogP contribution in [0, 0.1) is 0 Å². The van der Waals surface area contributed by atoms with Crippen molar-refractivity contribution >= 4 is 0 Å². The minimum absolute atomic E-state index is 0.820. The summed E-state index contributed by atoms with van der Waals surface area (Å²) in [7, 11) is 2.00. The fourth-order valence-corrected chi connectivity index (χ4v) is 3.65. The summed E-state index contributed by atoms with van der Waals surface area (Å²) in [5, 5.41) is 3.20. The van der Waals surface area contributed by atoms with Gasteiger partial charge in [-0.15, -0.1) is 0 Å². The van der Waals surface area contributed by atoms with Gasteiger partial charge in [0.05, 0.1) is 0 Å². The van der Waals surface area contributed by atoms with Crippen LogP contribution in [0.3, 0.4) is 0 Å². The standard InChI is InChI=1S/C17H27N3/c1-18-12-15-5-7-16(8-6-15)13-19-9-3-11-20-10-2-4-17(20)14-19/h5-8,17-18H,2-4,9-14H2,1H3. The summed E-state index contributed by atoms with van der Waals surface area (Å²) in [5.41, 5.74) is 2.82. The maximum atomic E-state index is 3.20. The van der Waals surface area contributed by atoms with E-state index in [1.54, 1.807) is 0 Å². The molecule has 110 valence electrons. The second-order valence-electron chi connectivity index (χ2n) is 6.27. The molecule has 1 N–H and O–H groups in total. The van der Waals surface area contributed by atoms with Gasteiger partial charge in [0.25, 0.3) is 0 Å². The molecule has 1 atom stereocenters. The van der Waals surface area contributed by atoms with Crippen LogP contribution >= 0.6 is 0 Å². The van der Waals surface area contributed by atoms with Crippen LogP contribution in [-0.2, 0) is 13.1 Å². The number of hydrogen-bond acceptors (Lipinski definition) is 3. The smallest absolute Gasteiger partial charge is 0.0234 e. The van der Waals surface area contributed by atoms with Gasteiger partial charge in [0.2, 0.25) is 0 Å². The van der Waals surface area contributed by atoms with Crippen molar-refractivity contribution in [3.63, 3.8) is 0 Å². The number of fused-ring (bicyclic) bond motifs is 1. The van der Waals surface area contributed by atoms with Crippen LogP contribution in [0.25, 0.3) is 0 Å². The highest BCUT2D eigenvalue weighted by Crippen LogP contribution is 2.22. The third kappa shape index (κ3) is 3.40. The average Bonchev–Trinajstić information content (AvgIpc) is 2.80. The third-order valence-corrected chi connectivity index (χ3v) is 4.70. The Kier molecular flexibility index (Phi) is 4.71. The molecule has 0 bridgehead atoms. The summed E-state index contributed by atoms with van der Waals surface area (Å²) >= 11 is 0. The quantitative estimate of drug-likeness (QED) is 0.906. The van der Waals surface area contributed by atoms with Gasteiger partial charge >= 0.3 is 0 Å². The van der Waals surface area contributed by atoms with E-state index in [0.717, 1.165) is 19.1 Å². The Bertz CT molecular complexity index is 415. The molecule has 0 aromatic heterocycles. The molecule has 2 heterocycles. The molecular formula is C17H27N3. The predicted molar refractivity (Wildman–Crippen MR) is 83.7 cm³/mol. The van der Waals surface area contributed by atoms with E-state index in [1.807, 2.05) is 7.05 Å². The summed E-state index contributed by atoms with van der Waals surface area (Å²) in [6.07, 6.45) is 4.13. The number of nitrogens with one attached hydrogen (secondary N) is 1. The SMILES string of the molecule is CNCc1ccc(CN2CCCN3CCCC3C2)cc1. The van der Waals surface area contributed by atoms with Gasteiger partial charge in [0.1, 0.15) is 0 Å². The van der Waals surface area contributed by atoms with Gasteiger partial charge in [-0.05, 0) is 57.1 Å². The lowest BCUT2D eigenvalue weighted by atomic mass is 10.1. The van der Waals surface area contributed by atoms with Crippen LogP contribution in [0.5, 0.6) is 0 Å². The highest BCUT2D eigenvalue weighted by molar-refractivity contribution is 5.22. The summed E-state index contributed by atoms with van der Waals surface area (Å²) in [6.45, 7) is 7.23. The van der Waals surface area contributed by atoms with E-state index in [0.29, 0.717) is 0 Å². The van der Waals surface area contributed by atoms with E-state index in [9.17, 15) is 0 Å². The zero-order valence-corrected chi connectivity index (χ0v) is 12.6. The van der Waals surface area contributed by atoms with Crippen LogP contribution in [0.15, 0.2) is 24.3 Å². The molecule has 2 fully saturated rings. The summed E-state index contributed by atoms with van der Waals surface area (Å²) in [5.74, 6) is 0. The zero-order chi connectivity index (χ0) is 13.8. The van der Waals surface area contributed by atoms with E-state index in [1.165, 1.54) is 56.6 Å². The molecule has 0 amide bonds. The second-order valence-corrected chi connectivity index (χ2v) is 6.27. The Balaban J connectivity index is 1.58. The number of hydrogen-bond donors (Lipinski definition) is 1. The summed E-state index contributed by atoms with van der Waals surface area (Å²) < 4.78 is 0. The van der Waals surface area contributed by atoms with Crippen molar-refractivity contribution in [3.05, 3.63) is 35.4 Å². The lowest BCUT2D eigenvalue weighted by molar-refractivity contribution is 0.215. The van der Waals surface area contributed by atoms with Crippen molar-refractivity contribution in [2.75, 3.05) is 33.2 Å². The fraction of sp³-hybridized carbons (Fsp3) is 0.647. The molecule has 1 aromatic carbocycles. The molecule has 0 saturated carbocycles. The Morgan fingerprint density at radius 3 is 2.60 bits per heavy atom. The van der Waals surface area contributed by atoms with Crippen LogP contribution in [0.2, 0.25) is 0 Å². The number of rotatable bonds is 4. The molecular weight excluding hydrogens is 246 g/mol. The molecule has 2 aliphatic rings. The summed E-state index contributed by atoms with van der Waals surface area (Å²) in [6, 6.07) is 9.92. The van der Waals surface area contributed by atoms with E-state index >= 15 is 0 Å². The van der Waals surface area contributed by atoms with Crippen LogP contribution in [0.1, 0.15) is 30.4 Å². The monoisotopic (exact) mass is 273 g/mol. The lowest BCUT2D eigenvalue weighted by Crippen LogP contribution is -2.36. The maximum Gasteiger partial charge on any atom is 0.0234 e. The Morgan fingerprint density at radius 1 is 1.05 bits per heavy atom. The van der Waals surface area contributed by atoms with Crippen molar-refractivity contribution in [1.82, 2.24) is 15.1 Å². The Hall–Kier alpha value is -0.900. The fourth-order valence-electron chi connectivity index (χ4n) is 3.65. The number of benzene rings is 1. The van der Waals surface area contributed by atoms with Crippen molar-refractivity contribution in [3.8, 4) is 0 Å². The van der Waals surface area contributed by atoms with Crippen LogP contribution in [0.4, 0.5) is 0 Å². The Morgan fingerprint density at radius 2 is 1.80 bits per heavy atom. The van der Waals surface area contributed by atoms with E-state index < -0.39 is 0 Å². The third-order valence-electron chi connectivity index (χ3n) is 4.70.